The number of aryl methyl sites for hydroxylation is 1. The molecule has 0 aliphatic rings. The summed E-state index contributed by atoms with van der Waals surface area (Å²) in [7, 11) is 2.95. The molecule has 0 bridgehead atoms. The normalized spacial score (nSPS) is 9.93. The Hall–Kier alpha value is -1.92. The second-order valence-electron chi connectivity index (χ2n) is 2.74. The lowest BCUT2D eigenvalue weighted by atomic mass is 10.3. The average Bonchev–Trinajstić information content (AvgIpc) is 2.42. The van der Waals surface area contributed by atoms with Gasteiger partial charge in [-0.15, -0.1) is 0 Å². The monoisotopic (exact) mass is 198 g/mol. The highest BCUT2D eigenvalue weighted by atomic mass is 16.6. The van der Waals surface area contributed by atoms with Crippen molar-refractivity contribution in [2.24, 2.45) is 7.05 Å². The summed E-state index contributed by atoms with van der Waals surface area (Å²) >= 11 is 0. The van der Waals surface area contributed by atoms with Crippen molar-refractivity contribution in [1.82, 2.24) is 15.1 Å². The first kappa shape index (κ1) is 10.2. The zero-order chi connectivity index (χ0) is 10.9. The SMILES string of the molecule is CNC(=O)c1nn(C)c(C)c1[N+](=O)[O-]. The Balaban J connectivity index is 3.36. The summed E-state index contributed by atoms with van der Waals surface area (Å²) in [6.07, 6.45) is 0. The number of carbonyl (C=O) groups is 1. The van der Waals surface area contributed by atoms with Crippen LogP contribution in [0.25, 0.3) is 0 Å². The van der Waals surface area contributed by atoms with E-state index in [4.69, 9.17) is 0 Å². The summed E-state index contributed by atoms with van der Waals surface area (Å²) in [5.41, 5.74) is -0.0436. The van der Waals surface area contributed by atoms with Crippen LogP contribution in [-0.2, 0) is 7.05 Å². The Kier molecular flexibility index (Phi) is 2.50. The first-order valence-electron chi connectivity index (χ1n) is 3.89. The highest BCUT2D eigenvalue weighted by Gasteiger charge is 2.27. The highest BCUT2D eigenvalue weighted by molar-refractivity contribution is 5.96. The fraction of sp³-hybridized carbons (Fsp3) is 0.429. The molecule has 0 fully saturated rings. The second kappa shape index (κ2) is 3.44. The summed E-state index contributed by atoms with van der Waals surface area (Å²) in [5, 5.41) is 16.7. The van der Waals surface area contributed by atoms with Gasteiger partial charge < -0.3 is 5.32 Å². The van der Waals surface area contributed by atoms with Crippen molar-refractivity contribution >= 4 is 11.6 Å². The molecule has 0 aromatic carbocycles. The first-order chi connectivity index (χ1) is 6.49. The molecular weight excluding hydrogens is 188 g/mol. The van der Waals surface area contributed by atoms with Gasteiger partial charge in [0.1, 0.15) is 5.69 Å². The van der Waals surface area contributed by atoms with Crippen molar-refractivity contribution in [3.63, 3.8) is 0 Å². The standard InChI is InChI=1S/C7H10N4O3/c1-4-6(11(13)14)5(7(12)8-2)9-10(4)3/h1-3H3,(H,8,12). The van der Waals surface area contributed by atoms with Crippen LogP contribution in [-0.4, -0.2) is 27.7 Å². The van der Waals surface area contributed by atoms with Gasteiger partial charge in [0, 0.05) is 14.1 Å². The molecule has 0 spiro atoms. The molecule has 0 unspecified atom stereocenters. The Morgan fingerprint density at radius 3 is 2.64 bits per heavy atom. The lowest BCUT2D eigenvalue weighted by Crippen LogP contribution is -2.19. The number of carbonyl (C=O) groups excluding carboxylic acids is 1. The van der Waals surface area contributed by atoms with E-state index in [-0.39, 0.29) is 11.4 Å². The molecule has 0 saturated heterocycles. The van der Waals surface area contributed by atoms with Crippen LogP contribution in [0.4, 0.5) is 5.69 Å². The lowest BCUT2D eigenvalue weighted by molar-refractivity contribution is -0.385. The predicted molar refractivity (Wildman–Crippen MR) is 48.0 cm³/mol. The van der Waals surface area contributed by atoms with E-state index in [0.717, 1.165) is 0 Å². The molecule has 76 valence electrons. The fourth-order valence-electron chi connectivity index (χ4n) is 1.09. The summed E-state index contributed by atoms with van der Waals surface area (Å²) in [4.78, 5) is 21.3. The van der Waals surface area contributed by atoms with E-state index in [2.05, 4.69) is 10.4 Å². The molecule has 0 atom stereocenters. The number of nitrogens with zero attached hydrogens (tertiary/aromatic N) is 3. The van der Waals surface area contributed by atoms with E-state index in [9.17, 15) is 14.9 Å². The lowest BCUT2D eigenvalue weighted by Gasteiger charge is -1.93. The third-order valence-corrected chi connectivity index (χ3v) is 1.93. The van der Waals surface area contributed by atoms with E-state index >= 15 is 0 Å². The highest BCUT2D eigenvalue weighted by Crippen LogP contribution is 2.21. The van der Waals surface area contributed by atoms with Crippen molar-refractivity contribution in [3.05, 3.63) is 21.5 Å². The van der Waals surface area contributed by atoms with Crippen molar-refractivity contribution in [1.29, 1.82) is 0 Å². The Labute approximate surface area is 79.9 Å². The molecule has 0 aliphatic heterocycles. The number of nitro groups is 1. The topological polar surface area (TPSA) is 90.1 Å². The van der Waals surface area contributed by atoms with Crippen LogP contribution < -0.4 is 5.32 Å². The van der Waals surface area contributed by atoms with Gasteiger partial charge in [0.2, 0.25) is 5.69 Å². The van der Waals surface area contributed by atoms with E-state index < -0.39 is 10.8 Å². The number of hydrogen-bond acceptors (Lipinski definition) is 4. The predicted octanol–water partition coefficient (Wildman–Crippen LogP) is -0.00368. The molecule has 1 heterocycles. The fourth-order valence-corrected chi connectivity index (χ4v) is 1.09. The smallest absolute Gasteiger partial charge is 0.322 e. The van der Waals surface area contributed by atoms with Gasteiger partial charge in [0.25, 0.3) is 5.91 Å². The number of nitrogens with one attached hydrogen (secondary N) is 1. The molecule has 1 amide bonds. The first-order valence-corrected chi connectivity index (χ1v) is 3.89. The maximum atomic E-state index is 11.2. The van der Waals surface area contributed by atoms with Crippen LogP contribution in [0.2, 0.25) is 0 Å². The van der Waals surface area contributed by atoms with Crippen molar-refractivity contribution in [3.8, 4) is 0 Å². The summed E-state index contributed by atoms with van der Waals surface area (Å²) in [5.74, 6) is -0.555. The van der Waals surface area contributed by atoms with Crippen molar-refractivity contribution in [2.75, 3.05) is 7.05 Å². The van der Waals surface area contributed by atoms with Gasteiger partial charge >= 0.3 is 5.69 Å². The van der Waals surface area contributed by atoms with Gasteiger partial charge in [-0.2, -0.15) is 5.10 Å². The van der Waals surface area contributed by atoms with Gasteiger partial charge in [-0.3, -0.25) is 19.6 Å². The average molecular weight is 198 g/mol. The maximum absolute atomic E-state index is 11.2. The molecule has 0 saturated carbocycles. The van der Waals surface area contributed by atoms with E-state index in [1.165, 1.54) is 18.7 Å². The summed E-state index contributed by atoms with van der Waals surface area (Å²) in [6.45, 7) is 1.54. The van der Waals surface area contributed by atoms with Gasteiger partial charge in [0.05, 0.1) is 4.92 Å². The Morgan fingerprint density at radius 1 is 1.64 bits per heavy atom. The summed E-state index contributed by atoms with van der Waals surface area (Å²) in [6, 6.07) is 0. The molecule has 1 N–H and O–H groups in total. The number of hydrogen-bond donors (Lipinski definition) is 1. The Bertz CT molecular complexity index is 396. The molecular formula is C7H10N4O3. The zero-order valence-electron chi connectivity index (χ0n) is 8.07. The molecule has 1 aromatic rings. The largest absolute Gasteiger partial charge is 0.353 e. The van der Waals surface area contributed by atoms with Crippen LogP contribution in [0, 0.1) is 17.0 Å². The van der Waals surface area contributed by atoms with Gasteiger partial charge in [-0.1, -0.05) is 0 Å². The maximum Gasteiger partial charge on any atom is 0.322 e. The van der Waals surface area contributed by atoms with Crippen LogP contribution in [0.5, 0.6) is 0 Å². The van der Waals surface area contributed by atoms with E-state index in [0.29, 0.717) is 5.69 Å². The van der Waals surface area contributed by atoms with Gasteiger partial charge in [-0.05, 0) is 6.92 Å². The van der Waals surface area contributed by atoms with Gasteiger partial charge in [0.15, 0.2) is 0 Å². The number of aromatic nitrogens is 2. The minimum Gasteiger partial charge on any atom is -0.353 e. The number of rotatable bonds is 2. The van der Waals surface area contributed by atoms with Crippen LogP contribution in [0.3, 0.4) is 0 Å². The van der Waals surface area contributed by atoms with Gasteiger partial charge in [-0.25, -0.2) is 0 Å². The quantitative estimate of drug-likeness (QED) is 0.534. The molecule has 1 rings (SSSR count). The van der Waals surface area contributed by atoms with Crippen molar-refractivity contribution in [2.45, 2.75) is 6.92 Å². The minimum absolute atomic E-state index is 0.155. The third-order valence-electron chi connectivity index (χ3n) is 1.93. The second-order valence-corrected chi connectivity index (χ2v) is 2.74. The van der Waals surface area contributed by atoms with E-state index in [1.807, 2.05) is 0 Å². The van der Waals surface area contributed by atoms with E-state index in [1.54, 1.807) is 7.05 Å². The zero-order valence-corrected chi connectivity index (χ0v) is 8.07. The Morgan fingerprint density at radius 2 is 2.21 bits per heavy atom. The molecule has 0 radical (unpaired) electrons. The molecule has 14 heavy (non-hydrogen) atoms. The summed E-state index contributed by atoms with van der Waals surface area (Å²) < 4.78 is 1.31. The van der Waals surface area contributed by atoms with Crippen LogP contribution >= 0.6 is 0 Å². The minimum atomic E-state index is -0.604. The molecule has 1 aromatic heterocycles. The molecule has 7 nitrogen and oxygen atoms in total. The number of amides is 1. The molecule has 0 aliphatic carbocycles. The van der Waals surface area contributed by atoms with Crippen LogP contribution in [0.15, 0.2) is 0 Å². The van der Waals surface area contributed by atoms with Crippen LogP contribution in [0.1, 0.15) is 16.2 Å². The third kappa shape index (κ3) is 1.43. The van der Waals surface area contributed by atoms with Crippen molar-refractivity contribution < 1.29 is 9.72 Å². The molecule has 7 heteroatoms.